The third-order valence-corrected chi connectivity index (χ3v) is 3.02. The molecule has 0 aliphatic heterocycles. The lowest BCUT2D eigenvalue weighted by Gasteiger charge is -2.15. The highest BCUT2D eigenvalue weighted by Gasteiger charge is 2.09. The fourth-order valence-electron chi connectivity index (χ4n) is 1.17. The molecule has 0 saturated heterocycles. The first-order chi connectivity index (χ1) is 6.32. The first kappa shape index (κ1) is 10.8. The minimum atomic E-state index is -3.17. The Balaban J connectivity index is 3.27. The minimum absolute atomic E-state index is 0.251. The van der Waals surface area contributed by atoms with Gasteiger partial charge in [-0.1, -0.05) is 0 Å². The largest absolute Gasteiger partial charge is 0.397 e. The Hall–Kier alpha value is -1.23. The van der Waals surface area contributed by atoms with Crippen molar-refractivity contribution in [2.45, 2.75) is 4.90 Å². The zero-order valence-electron chi connectivity index (χ0n) is 8.48. The molecule has 14 heavy (non-hydrogen) atoms. The predicted molar refractivity (Wildman–Crippen MR) is 58.3 cm³/mol. The highest BCUT2D eigenvalue weighted by molar-refractivity contribution is 7.90. The van der Waals surface area contributed by atoms with Crippen LogP contribution in [0.5, 0.6) is 0 Å². The van der Waals surface area contributed by atoms with Gasteiger partial charge in [0.25, 0.3) is 0 Å². The number of sulfone groups is 1. The molecule has 1 aromatic rings. The van der Waals surface area contributed by atoms with Crippen molar-refractivity contribution in [2.75, 3.05) is 31.0 Å². The van der Waals surface area contributed by atoms with Gasteiger partial charge in [0.15, 0.2) is 9.84 Å². The number of anilines is 2. The maximum absolute atomic E-state index is 11.2. The van der Waals surface area contributed by atoms with Gasteiger partial charge in [-0.05, 0) is 18.2 Å². The van der Waals surface area contributed by atoms with Crippen LogP contribution in [0.4, 0.5) is 11.4 Å². The zero-order valence-corrected chi connectivity index (χ0v) is 9.30. The van der Waals surface area contributed by atoms with Crippen LogP contribution in [0, 0.1) is 0 Å². The molecule has 0 aliphatic carbocycles. The summed E-state index contributed by atoms with van der Waals surface area (Å²) >= 11 is 0. The SMILES string of the molecule is CN(C)c1ccc(S(C)(=O)=O)cc1N. The molecule has 0 atom stereocenters. The second kappa shape index (κ2) is 3.49. The molecule has 0 saturated carbocycles. The Kier molecular flexibility index (Phi) is 2.71. The molecule has 0 aromatic heterocycles. The van der Waals surface area contributed by atoms with E-state index in [0.29, 0.717) is 5.69 Å². The van der Waals surface area contributed by atoms with Gasteiger partial charge in [-0.2, -0.15) is 0 Å². The van der Waals surface area contributed by atoms with Gasteiger partial charge in [0.2, 0.25) is 0 Å². The number of hydrogen-bond acceptors (Lipinski definition) is 4. The van der Waals surface area contributed by atoms with Crippen molar-refractivity contribution < 1.29 is 8.42 Å². The van der Waals surface area contributed by atoms with E-state index < -0.39 is 9.84 Å². The monoisotopic (exact) mass is 214 g/mol. The highest BCUT2D eigenvalue weighted by Crippen LogP contribution is 2.24. The number of rotatable bonds is 2. The summed E-state index contributed by atoms with van der Waals surface area (Å²) in [5, 5.41) is 0. The highest BCUT2D eigenvalue weighted by atomic mass is 32.2. The molecule has 0 radical (unpaired) electrons. The lowest BCUT2D eigenvalue weighted by molar-refractivity contribution is 0.602. The molecular formula is C9H14N2O2S. The summed E-state index contributed by atoms with van der Waals surface area (Å²) in [6, 6.07) is 4.73. The second-order valence-corrected chi connectivity index (χ2v) is 5.40. The molecule has 4 nitrogen and oxygen atoms in total. The smallest absolute Gasteiger partial charge is 0.175 e. The van der Waals surface area contributed by atoms with Gasteiger partial charge in [-0.25, -0.2) is 8.42 Å². The Morgan fingerprint density at radius 3 is 2.21 bits per heavy atom. The molecule has 78 valence electrons. The standard InChI is InChI=1S/C9H14N2O2S/c1-11(2)9-5-4-7(6-8(9)10)14(3,12)13/h4-6H,10H2,1-3H3. The van der Waals surface area contributed by atoms with Crippen LogP contribution in [0.3, 0.4) is 0 Å². The van der Waals surface area contributed by atoms with Crippen LogP contribution < -0.4 is 10.6 Å². The van der Waals surface area contributed by atoms with Crippen LogP contribution in [0.15, 0.2) is 23.1 Å². The normalized spacial score (nSPS) is 11.4. The van der Waals surface area contributed by atoms with Crippen molar-refractivity contribution in [1.82, 2.24) is 0 Å². The molecule has 1 aromatic carbocycles. The Morgan fingerprint density at radius 1 is 1.29 bits per heavy atom. The van der Waals surface area contributed by atoms with E-state index in [4.69, 9.17) is 5.73 Å². The Bertz CT molecular complexity index is 438. The third kappa shape index (κ3) is 2.17. The summed E-state index contributed by atoms with van der Waals surface area (Å²) in [4.78, 5) is 2.09. The van der Waals surface area contributed by atoms with Crippen molar-refractivity contribution in [3.8, 4) is 0 Å². The lowest BCUT2D eigenvalue weighted by Crippen LogP contribution is -2.11. The summed E-state index contributed by atoms with van der Waals surface area (Å²) in [7, 11) is 0.540. The second-order valence-electron chi connectivity index (χ2n) is 3.39. The summed E-state index contributed by atoms with van der Waals surface area (Å²) in [5.41, 5.74) is 7.00. The van der Waals surface area contributed by atoms with Gasteiger partial charge in [0.05, 0.1) is 16.3 Å². The van der Waals surface area contributed by atoms with E-state index >= 15 is 0 Å². The molecule has 0 amide bonds. The quantitative estimate of drug-likeness (QED) is 0.737. The fraction of sp³-hybridized carbons (Fsp3) is 0.333. The van der Waals surface area contributed by atoms with E-state index in [1.165, 1.54) is 6.07 Å². The van der Waals surface area contributed by atoms with Crippen molar-refractivity contribution in [3.63, 3.8) is 0 Å². The van der Waals surface area contributed by atoms with Gasteiger partial charge in [0.1, 0.15) is 0 Å². The molecule has 0 heterocycles. The molecule has 0 aliphatic rings. The Morgan fingerprint density at radius 2 is 1.86 bits per heavy atom. The van der Waals surface area contributed by atoms with Gasteiger partial charge >= 0.3 is 0 Å². The van der Waals surface area contributed by atoms with Gasteiger partial charge in [-0.15, -0.1) is 0 Å². The van der Waals surface area contributed by atoms with Crippen molar-refractivity contribution in [2.24, 2.45) is 0 Å². The average molecular weight is 214 g/mol. The van der Waals surface area contributed by atoms with E-state index in [1.807, 2.05) is 19.0 Å². The molecule has 1 rings (SSSR count). The molecule has 0 fully saturated rings. The average Bonchev–Trinajstić information content (AvgIpc) is 2.01. The third-order valence-electron chi connectivity index (χ3n) is 1.91. The van der Waals surface area contributed by atoms with Crippen LogP contribution in [0.2, 0.25) is 0 Å². The molecule has 0 spiro atoms. The molecule has 0 unspecified atom stereocenters. The van der Waals surface area contributed by atoms with Crippen LogP contribution in [-0.2, 0) is 9.84 Å². The van der Waals surface area contributed by atoms with Gasteiger partial charge in [0, 0.05) is 20.4 Å². The number of benzene rings is 1. The first-order valence-electron chi connectivity index (χ1n) is 4.09. The van der Waals surface area contributed by atoms with Crippen LogP contribution in [0.1, 0.15) is 0 Å². The lowest BCUT2D eigenvalue weighted by atomic mass is 10.2. The van der Waals surface area contributed by atoms with Crippen molar-refractivity contribution in [1.29, 1.82) is 0 Å². The summed E-state index contributed by atoms with van der Waals surface area (Å²) < 4.78 is 22.4. The van der Waals surface area contributed by atoms with E-state index in [-0.39, 0.29) is 4.90 Å². The molecule has 5 heteroatoms. The Labute approximate surface area is 84.3 Å². The van der Waals surface area contributed by atoms with Crippen molar-refractivity contribution in [3.05, 3.63) is 18.2 Å². The van der Waals surface area contributed by atoms with Gasteiger partial charge < -0.3 is 10.6 Å². The maximum atomic E-state index is 11.2. The van der Waals surface area contributed by atoms with Crippen molar-refractivity contribution >= 4 is 21.2 Å². The van der Waals surface area contributed by atoms with E-state index in [2.05, 4.69) is 0 Å². The minimum Gasteiger partial charge on any atom is -0.397 e. The molecular weight excluding hydrogens is 200 g/mol. The number of nitrogens with zero attached hydrogens (tertiary/aromatic N) is 1. The topological polar surface area (TPSA) is 63.4 Å². The summed E-state index contributed by atoms with van der Waals surface area (Å²) in [6.07, 6.45) is 1.16. The van der Waals surface area contributed by atoms with E-state index in [0.717, 1.165) is 11.9 Å². The number of nitrogens with two attached hydrogens (primary N) is 1. The number of nitrogen functional groups attached to an aromatic ring is 1. The van der Waals surface area contributed by atoms with Crippen LogP contribution in [-0.4, -0.2) is 28.8 Å². The first-order valence-corrected chi connectivity index (χ1v) is 5.98. The number of hydrogen-bond donors (Lipinski definition) is 1. The van der Waals surface area contributed by atoms with Crippen LogP contribution >= 0.6 is 0 Å². The molecule has 0 bridgehead atoms. The summed E-state index contributed by atoms with van der Waals surface area (Å²) in [6.45, 7) is 0. The molecule has 2 N–H and O–H groups in total. The van der Waals surface area contributed by atoms with E-state index in [9.17, 15) is 8.42 Å². The summed E-state index contributed by atoms with van der Waals surface area (Å²) in [5.74, 6) is 0. The predicted octanol–water partition coefficient (Wildman–Crippen LogP) is 0.738. The zero-order chi connectivity index (χ0) is 10.9. The van der Waals surface area contributed by atoms with Crippen LogP contribution in [0.25, 0.3) is 0 Å². The van der Waals surface area contributed by atoms with E-state index in [1.54, 1.807) is 12.1 Å². The fourth-order valence-corrected chi connectivity index (χ4v) is 1.83. The van der Waals surface area contributed by atoms with Gasteiger partial charge in [-0.3, -0.25) is 0 Å². The maximum Gasteiger partial charge on any atom is 0.175 e.